The average molecular weight is 395 g/mol. The fraction of sp³-hybridized carbons (Fsp3) is 0.167. The smallest absolute Gasteiger partial charge is 0.282 e. The molecule has 2 aromatic rings. The van der Waals surface area contributed by atoms with E-state index in [0.29, 0.717) is 18.0 Å². The van der Waals surface area contributed by atoms with Crippen LogP contribution in [0.1, 0.15) is 12.5 Å². The summed E-state index contributed by atoms with van der Waals surface area (Å²) in [6, 6.07) is 17.7. The van der Waals surface area contributed by atoms with Crippen molar-refractivity contribution < 1.29 is 8.42 Å². The summed E-state index contributed by atoms with van der Waals surface area (Å²) in [5.41, 5.74) is 1.91. The first-order valence-corrected chi connectivity index (χ1v) is 9.86. The third kappa shape index (κ3) is 3.73. The summed E-state index contributed by atoms with van der Waals surface area (Å²) in [6.07, 6.45) is 0. The van der Waals surface area contributed by atoms with Crippen LogP contribution in [0, 0.1) is 0 Å². The quantitative estimate of drug-likeness (QED) is 0.773. The molecular weight excluding hydrogens is 379 g/mol. The van der Waals surface area contributed by atoms with E-state index in [0.717, 1.165) is 5.56 Å². The summed E-state index contributed by atoms with van der Waals surface area (Å²) in [7, 11) is -3.81. The van der Waals surface area contributed by atoms with E-state index in [4.69, 9.17) is 23.2 Å². The van der Waals surface area contributed by atoms with Crippen LogP contribution in [0.2, 0.25) is 0 Å². The van der Waals surface area contributed by atoms with Crippen LogP contribution >= 0.6 is 23.2 Å². The second kappa shape index (κ2) is 7.20. The summed E-state index contributed by atoms with van der Waals surface area (Å²) in [4.78, 5) is 2.07. The monoisotopic (exact) mass is 394 g/mol. The molecule has 0 saturated carbocycles. The molecule has 1 fully saturated rings. The fourth-order valence-electron chi connectivity index (χ4n) is 2.72. The summed E-state index contributed by atoms with van der Waals surface area (Å²) < 4.78 is 29.0. The van der Waals surface area contributed by atoms with Gasteiger partial charge in [0.15, 0.2) is 0 Å². The summed E-state index contributed by atoms with van der Waals surface area (Å²) >= 11 is 12.0. The number of hydrogen-bond donors (Lipinski definition) is 0. The highest BCUT2D eigenvalue weighted by Crippen LogP contribution is 2.35. The highest BCUT2D eigenvalue weighted by atomic mass is 35.5. The maximum Gasteiger partial charge on any atom is 0.282 e. The van der Waals surface area contributed by atoms with Gasteiger partial charge in [0.25, 0.3) is 10.0 Å². The molecule has 4 nitrogen and oxygen atoms in total. The Morgan fingerprint density at radius 2 is 1.60 bits per heavy atom. The minimum absolute atomic E-state index is 0.0102. The Morgan fingerprint density at radius 1 is 1.04 bits per heavy atom. The Kier molecular flexibility index (Phi) is 5.18. The Hall–Kier alpha value is -1.82. The van der Waals surface area contributed by atoms with Crippen molar-refractivity contribution in [2.75, 3.05) is 0 Å². The van der Waals surface area contributed by atoms with E-state index in [2.05, 4.69) is 4.40 Å². The van der Waals surface area contributed by atoms with Crippen LogP contribution in [0.4, 0.5) is 0 Å². The van der Waals surface area contributed by atoms with Crippen LogP contribution in [0.5, 0.6) is 0 Å². The molecule has 1 atom stereocenters. The van der Waals surface area contributed by atoms with E-state index in [-0.39, 0.29) is 15.4 Å². The zero-order valence-electron chi connectivity index (χ0n) is 13.4. The predicted molar refractivity (Wildman–Crippen MR) is 101 cm³/mol. The van der Waals surface area contributed by atoms with Crippen LogP contribution in [0.15, 0.2) is 80.1 Å². The summed E-state index contributed by atoms with van der Waals surface area (Å²) in [6.45, 7) is 2.45. The van der Waals surface area contributed by atoms with Crippen LogP contribution in [-0.2, 0) is 16.6 Å². The van der Waals surface area contributed by atoms with Crippen molar-refractivity contribution in [3.05, 3.63) is 76.4 Å². The largest absolute Gasteiger partial charge is 0.355 e. The van der Waals surface area contributed by atoms with Crippen LogP contribution in [0.3, 0.4) is 0 Å². The molecule has 0 aliphatic carbocycles. The van der Waals surface area contributed by atoms with Crippen molar-refractivity contribution in [3.8, 4) is 0 Å². The van der Waals surface area contributed by atoms with Gasteiger partial charge in [-0.2, -0.15) is 12.8 Å². The van der Waals surface area contributed by atoms with E-state index in [1.54, 1.807) is 18.2 Å². The van der Waals surface area contributed by atoms with Gasteiger partial charge in [0.1, 0.15) is 10.2 Å². The Balaban J connectivity index is 1.92. The maximum atomic E-state index is 12.5. The molecule has 2 aromatic carbocycles. The lowest BCUT2D eigenvalue weighted by Crippen LogP contribution is -2.53. The molecule has 0 aromatic heterocycles. The molecule has 1 unspecified atom stereocenters. The van der Waals surface area contributed by atoms with Gasteiger partial charge in [0.2, 0.25) is 0 Å². The third-order valence-electron chi connectivity index (χ3n) is 4.03. The predicted octanol–water partition coefficient (Wildman–Crippen LogP) is 4.37. The summed E-state index contributed by atoms with van der Waals surface area (Å²) in [5, 5.41) is 0. The molecule has 1 heterocycles. The molecule has 0 N–H and O–H groups in total. The van der Waals surface area contributed by atoms with Gasteiger partial charge in [-0.15, -0.1) is 0 Å². The van der Waals surface area contributed by atoms with Crippen LogP contribution in [-0.4, -0.2) is 25.1 Å². The second-order valence-electron chi connectivity index (χ2n) is 5.66. The first-order valence-electron chi connectivity index (χ1n) is 7.66. The lowest BCUT2D eigenvalue weighted by molar-refractivity contribution is 0.282. The van der Waals surface area contributed by atoms with Crippen molar-refractivity contribution in [3.63, 3.8) is 0 Å². The van der Waals surface area contributed by atoms with E-state index >= 15 is 0 Å². The SMILES string of the molecule is CC1C(=NS(=O)(=O)c2ccccc2)C(=C(Cl)Cl)N1Cc1ccccc1. The highest BCUT2D eigenvalue weighted by Gasteiger charge is 2.40. The van der Waals surface area contributed by atoms with Crippen molar-refractivity contribution in [2.24, 2.45) is 4.40 Å². The molecule has 0 radical (unpaired) electrons. The third-order valence-corrected chi connectivity index (χ3v) is 5.69. The summed E-state index contributed by atoms with van der Waals surface area (Å²) in [5.74, 6) is 0. The number of benzene rings is 2. The molecule has 0 bridgehead atoms. The zero-order valence-corrected chi connectivity index (χ0v) is 15.8. The van der Waals surface area contributed by atoms with Crippen LogP contribution < -0.4 is 0 Å². The molecule has 25 heavy (non-hydrogen) atoms. The maximum absolute atomic E-state index is 12.5. The Labute approximate surface area is 157 Å². The minimum atomic E-state index is -3.81. The van der Waals surface area contributed by atoms with Gasteiger partial charge < -0.3 is 4.90 Å². The standard InChI is InChI=1S/C18H16Cl2N2O2S/c1-13-16(21-25(23,24)15-10-6-3-7-11-15)17(18(19)20)22(13)12-14-8-4-2-5-9-14/h2-11,13H,12H2,1H3. The molecule has 3 rings (SSSR count). The number of likely N-dealkylation sites (tertiary alicyclic amines) is 1. The normalized spacial score (nSPS) is 19.0. The Bertz CT molecular complexity index is 922. The molecule has 0 amide bonds. The van der Waals surface area contributed by atoms with Crippen molar-refractivity contribution in [2.45, 2.75) is 24.4 Å². The minimum Gasteiger partial charge on any atom is -0.355 e. The number of hydrogen-bond acceptors (Lipinski definition) is 3. The van der Waals surface area contributed by atoms with Gasteiger partial charge >= 0.3 is 0 Å². The topological polar surface area (TPSA) is 49.7 Å². The molecule has 0 spiro atoms. The fourth-order valence-corrected chi connectivity index (χ4v) is 4.23. The number of nitrogens with zero attached hydrogens (tertiary/aromatic N) is 2. The molecule has 1 saturated heterocycles. The molecular formula is C18H16Cl2N2O2S. The van der Waals surface area contributed by atoms with Gasteiger partial charge in [-0.1, -0.05) is 71.7 Å². The first-order chi connectivity index (χ1) is 11.9. The van der Waals surface area contributed by atoms with E-state index in [1.807, 2.05) is 42.2 Å². The first kappa shape index (κ1) is 18.0. The van der Waals surface area contributed by atoms with Gasteiger partial charge in [-0.3, -0.25) is 0 Å². The average Bonchev–Trinajstić information content (AvgIpc) is 2.61. The van der Waals surface area contributed by atoms with E-state index in [1.165, 1.54) is 12.1 Å². The second-order valence-corrected chi connectivity index (χ2v) is 8.22. The lowest BCUT2D eigenvalue weighted by atomic mass is 9.97. The number of rotatable bonds is 4. The van der Waals surface area contributed by atoms with Gasteiger partial charge in [0.05, 0.1) is 16.6 Å². The highest BCUT2D eigenvalue weighted by molar-refractivity contribution is 7.90. The van der Waals surface area contributed by atoms with E-state index in [9.17, 15) is 8.42 Å². The van der Waals surface area contributed by atoms with Crippen molar-refractivity contribution in [1.29, 1.82) is 0 Å². The van der Waals surface area contributed by atoms with Gasteiger partial charge in [-0.25, -0.2) is 0 Å². The van der Waals surface area contributed by atoms with Crippen LogP contribution in [0.25, 0.3) is 0 Å². The van der Waals surface area contributed by atoms with E-state index < -0.39 is 10.0 Å². The van der Waals surface area contributed by atoms with Crippen molar-refractivity contribution >= 4 is 38.9 Å². The van der Waals surface area contributed by atoms with Crippen molar-refractivity contribution in [1.82, 2.24) is 4.90 Å². The number of sulfonamides is 1. The molecule has 130 valence electrons. The molecule has 1 aliphatic heterocycles. The van der Waals surface area contributed by atoms with Gasteiger partial charge in [-0.05, 0) is 24.6 Å². The number of halogens is 2. The molecule has 7 heteroatoms. The zero-order chi connectivity index (χ0) is 18.0. The molecule has 1 aliphatic rings. The lowest BCUT2D eigenvalue weighted by Gasteiger charge is -2.44. The Morgan fingerprint density at radius 3 is 2.16 bits per heavy atom. The van der Waals surface area contributed by atoms with Gasteiger partial charge in [0, 0.05) is 6.54 Å².